The molecule has 0 bridgehead atoms. The summed E-state index contributed by atoms with van der Waals surface area (Å²) in [4.78, 5) is 19.8. The van der Waals surface area contributed by atoms with E-state index in [1.807, 2.05) is 11.4 Å². The second-order valence-electron chi connectivity index (χ2n) is 3.89. The molecule has 2 aromatic rings. The maximum absolute atomic E-state index is 11.7. The molecule has 106 valence electrons. The molecule has 2 aromatic heterocycles. The lowest BCUT2D eigenvalue weighted by Crippen LogP contribution is -2.21. The Hall–Kier alpha value is -1.73. The van der Waals surface area contributed by atoms with Crippen molar-refractivity contribution < 1.29 is 4.79 Å². The van der Waals surface area contributed by atoms with E-state index in [0.717, 1.165) is 23.1 Å². The zero-order valence-corrected chi connectivity index (χ0v) is 13.0. The number of nitrogens with zero attached hydrogens (tertiary/aromatic N) is 3. The van der Waals surface area contributed by atoms with Crippen molar-refractivity contribution in [2.45, 2.75) is 13.8 Å². The quantitative estimate of drug-likeness (QED) is 0.659. The van der Waals surface area contributed by atoms with Crippen molar-refractivity contribution in [1.82, 2.24) is 10.4 Å². The van der Waals surface area contributed by atoms with E-state index in [1.54, 1.807) is 29.8 Å². The Labute approximate surface area is 126 Å². The zero-order chi connectivity index (χ0) is 14.4. The van der Waals surface area contributed by atoms with Gasteiger partial charge in [-0.25, -0.2) is 10.4 Å². The predicted octanol–water partition coefficient (Wildman–Crippen LogP) is 2.81. The van der Waals surface area contributed by atoms with Crippen LogP contribution in [0.3, 0.4) is 0 Å². The molecule has 0 aliphatic carbocycles. The minimum atomic E-state index is -0.190. The van der Waals surface area contributed by atoms with Gasteiger partial charge in [0.2, 0.25) is 0 Å². The molecule has 0 saturated heterocycles. The molecule has 0 unspecified atom stereocenters. The lowest BCUT2D eigenvalue weighted by Gasteiger charge is -2.16. The number of aromatic nitrogens is 1. The topological polar surface area (TPSA) is 57.6 Å². The number of carbonyl (C=O) groups excluding carboxylic acids is 1. The van der Waals surface area contributed by atoms with Gasteiger partial charge in [0.1, 0.15) is 0 Å². The van der Waals surface area contributed by atoms with Crippen LogP contribution in [-0.4, -0.2) is 30.2 Å². The highest BCUT2D eigenvalue weighted by Gasteiger charge is 2.07. The second-order valence-corrected chi connectivity index (χ2v) is 5.88. The SMILES string of the molecule is CCN(CC)c1ncc(/C=N\NC(=O)c2cccs2)s1. The standard InChI is InChI=1S/C13H16N4OS2/c1-3-17(4-2)13-14-8-10(20-13)9-15-16-12(18)11-6-5-7-19-11/h5-9H,3-4H2,1-2H3,(H,16,18)/b15-9-. The lowest BCUT2D eigenvalue weighted by atomic mass is 10.4. The molecule has 7 heteroatoms. The van der Waals surface area contributed by atoms with Gasteiger partial charge in [-0.15, -0.1) is 11.3 Å². The van der Waals surface area contributed by atoms with E-state index < -0.39 is 0 Å². The Bertz CT molecular complexity index is 573. The number of amides is 1. The minimum absolute atomic E-state index is 0.190. The van der Waals surface area contributed by atoms with Crippen LogP contribution in [0.5, 0.6) is 0 Å². The molecule has 0 aromatic carbocycles. The molecule has 0 fully saturated rings. The summed E-state index contributed by atoms with van der Waals surface area (Å²) in [6.07, 6.45) is 3.38. The van der Waals surface area contributed by atoms with Gasteiger partial charge in [-0.05, 0) is 25.3 Å². The van der Waals surface area contributed by atoms with Crippen molar-refractivity contribution in [3.05, 3.63) is 33.5 Å². The molecular formula is C13H16N4OS2. The average molecular weight is 308 g/mol. The Morgan fingerprint density at radius 3 is 2.95 bits per heavy atom. The molecule has 0 radical (unpaired) electrons. The van der Waals surface area contributed by atoms with Gasteiger partial charge in [0, 0.05) is 19.3 Å². The van der Waals surface area contributed by atoms with E-state index in [4.69, 9.17) is 0 Å². The summed E-state index contributed by atoms with van der Waals surface area (Å²) in [5.41, 5.74) is 2.51. The van der Waals surface area contributed by atoms with Crippen LogP contribution >= 0.6 is 22.7 Å². The third-order valence-corrected chi connectivity index (χ3v) is 4.51. The fourth-order valence-electron chi connectivity index (χ4n) is 1.59. The van der Waals surface area contributed by atoms with Crippen LogP contribution in [0.1, 0.15) is 28.4 Å². The first-order valence-electron chi connectivity index (χ1n) is 6.32. The largest absolute Gasteiger partial charge is 0.349 e. The van der Waals surface area contributed by atoms with E-state index in [0.29, 0.717) is 4.88 Å². The van der Waals surface area contributed by atoms with Gasteiger partial charge in [0.15, 0.2) is 5.13 Å². The Kier molecular flexibility index (Phi) is 5.25. The number of hydrazone groups is 1. The van der Waals surface area contributed by atoms with E-state index in [-0.39, 0.29) is 5.91 Å². The maximum Gasteiger partial charge on any atom is 0.281 e. The Morgan fingerprint density at radius 1 is 1.50 bits per heavy atom. The van der Waals surface area contributed by atoms with Gasteiger partial charge < -0.3 is 4.90 Å². The van der Waals surface area contributed by atoms with Crippen molar-refractivity contribution in [1.29, 1.82) is 0 Å². The molecule has 20 heavy (non-hydrogen) atoms. The van der Waals surface area contributed by atoms with Crippen molar-refractivity contribution in [3.63, 3.8) is 0 Å². The highest BCUT2D eigenvalue weighted by atomic mass is 32.1. The number of carbonyl (C=O) groups is 1. The molecule has 2 rings (SSSR count). The van der Waals surface area contributed by atoms with Crippen LogP contribution in [0, 0.1) is 0 Å². The van der Waals surface area contributed by atoms with Gasteiger partial charge in [-0.3, -0.25) is 4.79 Å². The van der Waals surface area contributed by atoms with E-state index in [2.05, 4.69) is 34.3 Å². The van der Waals surface area contributed by atoms with Crippen molar-refractivity contribution in [3.8, 4) is 0 Å². The van der Waals surface area contributed by atoms with Crippen LogP contribution in [-0.2, 0) is 0 Å². The van der Waals surface area contributed by atoms with Gasteiger partial charge in [-0.2, -0.15) is 5.10 Å². The fraction of sp³-hybridized carbons (Fsp3) is 0.308. The van der Waals surface area contributed by atoms with Crippen LogP contribution in [0.25, 0.3) is 0 Å². The summed E-state index contributed by atoms with van der Waals surface area (Å²) in [7, 11) is 0. The molecule has 0 aliphatic rings. The summed E-state index contributed by atoms with van der Waals surface area (Å²) in [5, 5.41) is 6.79. The first-order chi connectivity index (χ1) is 9.74. The molecular weight excluding hydrogens is 292 g/mol. The van der Waals surface area contributed by atoms with Crippen molar-refractivity contribution >= 4 is 39.9 Å². The first-order valence-corrected chi connectivity index (χ1v) is 8.01. The summed E-state index contributed by atoms with van der Waals surface area (Å²) >= 11 is 2.95. The van der Waals surface area contributed by atoms with Crippen LogP contribution < -0.4 is 10.3 Å². The molecule has 1 N–H and O–H groups in total. The zero-order valence-electron chi connectivity index (χ0n) is 11.4. The molecule has 0 aliphatic heterocycles. The van der Waals surface area contributed by atoms with Crippen molar-refractivity contribution in [2.24, 2.45) is 5.10 Å². The molecule has 1 amide bonds. The smallest absolute Gasteiger partial charge is 0.281 e. The molecule has 5 nitrogen and oxygen atoms in total. The summed E-state index contributed by atoms with van der Waals surface area (Å²) in [6.45, 7) is 6.05. The molecule has 0 atom stereocenters. The number of thiophene rings is 1. The summed E-state index contributed by atoms with van der Waals surface area (Å²) < 4.78 is 0. The summed E-state index contributed by atoms with van der Waals surface area (Å²) in [5.74, 6) is -0.190. The normalized spacial score (nSPS) is 10.9. The highest BCUT2D eigenvalue weighted by molar-refractivity contribution is 7.17. The summed E-state index contributed by atoms with van der Waals surface area (Å²) in [6, 6.07) is 3.60. The van der Waals surface area contributed by atoms with Gasteiger partial charge in [-0.1, -0.05) is 17.4 Å². The number of thiazole rings is 1. The van der Waals surface area contributed by atoms with Gasteiger partial charge in [0.05, 0.1) is 16.0 Å². The molecule has 0 spiro atoms. The van der Waals surface area contributed by atoms with Crippen LogP contribution in [0.15, 0.2) is 28.8 Å². The highest BCUT2D eigenvalue weighted by Crippen LogP contribution is 2.20. The number of hydrogen-bond donors (Lipinski definition) is 1. The average Bonchev–Trinajstić information content (AvgIpc) is 3.11. The fourth-order valence-corrected chi connectivity index (χ4v) is 3.12. The minimum Gasteiger partial charge on any atom is -0.349 e. The third kappa shape index (κ3) is 3.64. The van der Waals surface area contributed by atoms with E-state index in [9.17, 15) is 4.79 Å². The predicted molar refractivity (Wildman–Crippen MR) is 85.1 cm³/mol. The van der Waals surface area contributed by atoms with E-state index >= 15 is 0 Å². The maximum atomic E-state index is 11.7. The Morgan fingerprint density at radius 2 is 2.30 bits per heavy atom. The Balaban J connectivity index is 1.93. The monoisotopic (exact) mass is 308 g/mol. The van der Waals surface area contributed by atoms with Crippen molar-refractivity contribution in [2.75, 3.05) is 18.0 Å². The third-order valence-electron chi connectivity index (χ3n) is 2.65. The molecule has 2 heterocycles. The number of hydrogen-bond acceptors (Lipinski definition) is 6. The van der Waals surface area contributed by atoms with Gasteiger partial charge >= 0.3 is 0 Å². The number of rotatable bonds is 6. The van der Waals surface area contributed by atoms with Gasteiger partial charge in [0.25, 0.3) is 5.91 Å². The number of nitrogens with one attached hydrogen (secondary N) is 1. The lowest BCUT2D eigenvalue weighted by molar-refractivity contribution is 0.0959. The first kappa shape index (κ1) is 14.7. The molecule has 0 saturated carbocycles. The van der Waals surface area contributed by atoms with Crippen LogP contribution in [0.2, 0.25) is 0 Å². The van der Waals surface area contributed by atoms with E-state index in [1.165, 1.54) is 11.3 Å². The second kappa shape index (κ2) is 7.16. The number of anilines is 1. The van der Waals surface area contributed by atoms with Crippen LogP contribution in [0.4, 0.5) is 5.13 Å².